The van der Waals surface area contributed by atoms with Gasteiger partial charge in [-0.3, -0.25) is 9.98 Å². The van der Waals surface area contributed by atoms with Crippen molar-refractivity contribution in [2.75, 3.05) is 19.3 Å². The number of hydrogen-bond acceptors (Lipinski definition) is 6. The number of nitrogens with zero attached hydrogens (tertiary/aromatic N) is 4. The van der Waals surface area contributed by atoms with Gasteiger partial charge in [0.15, 0.2) is 11.8 Å². The summed E-state index contributed by atoms with van der Waals surface area (Å²) in [6.45, 7) is 3.53. The number of rotatable bonds is 7. The van der Waals surface area contributed by atoms with Crippen molar-refractivity contribution in [1.29, 1.82) is 0 Å². The van der Waals surface area contributed by atoms with Crippen LogP contribution in [0.3, 0.4) is 0 Å². The number of hydrogen-bond donors (Lipinski definition) is 2. The minimum atomic E-state index is 0. The Balaban J connectivity index is 0.00000280. The first-order valence-electron chi connectivity index (χ1n) is 9.60. The first-order chi connectivity index (χ1) is 13.3. The van der Waals surface area contributed by atoms with Crippen LogP contribution in [-0.4, -0.2) is 51.7 Å². The third-order valence-electron chi connectivity index (χ3n) is 4.60. The van der Waals surface area contributed by atoms with E-state index in [0.29, 0.717) is 36.4 Å². The second-order valence-corrected chi connectivity index (χ2v) is 7.75. The molecule has 0 aliphatic heterocycles. The van der Waals surface area contributed by atoms with Crippen molar-refractivity contribution >= 4 is 41.7 Å². The molecule has 2 heterocycles. The van der Waals surface area contributed by atoms with E-state index in [9.17, 15) is 0 Å². The summed E-state index contributed by atoms with van der Waals surface area (Å²) in [5.41, 5.74) is 0.690. The molecule has 28 heavy (non-hydrogen) atoms. The molecule has 1 saturated carbocycles. The molecular weight excluding hydrogens is 487 g/mol. The third kappa shape index (κ3) is 6.91. The van der Waals surface area contributed by atoms with E-state index in [1.807, 2.05) is 30.0 Å². The van der Waals surface area contributed by atoms with Gasteiger partial charge in [0.25, 0.3) is 5.89 Å². The van der Waals surface area contributed by atoms with E-state index in [0.717, 1.165) is 17.8 Å². The van der Waals surface area contributed by atoms with Crippen molar-refractivity contribution in [2.45, 2.75) is 50.3 Å². The zero-order valence-electron chi connectivity index (χ0n) is 16.4. The summed E-state index contributed by atoms with van der Waals surface area (Å²) in [5, 5.41) is 11.7. The summed E-state index contributed by atoms with van der Waals surface area (Å²) >= 11 is 1.97. The largest absolute Gasteiger partial charge is 0.357 e. The normalized spacial score (nSPS) is 19.7. The molecule has 2 atom stereocenters. The molecule has 0 bridgehead atoms. The number of pyridine rings is 1. The van der Waals surface area contributed by atoms with E-state index in [1.165, 1.54) is 25.7 Å². The van der Waals surface area contributed by atoms with E-state index in [-0.39, 0.29) is 24.0 Å². The highest BCUT2D eigenvalue weighted by Gasteiger charge is 2.21. The maximum Gasteiger partial charge on any atom is 0.276 e. The summed E-state index contributed by atoms with van der Waals surface area (Å²) in [6.07, 6.45) is 9.56. The topological polar surface area (TPSA) is 88.2 Å². The summed E-state index contributed by atoms with van der Waals surface area (Å²) in [7, 11) is 0. The summed E-state index contributed by atoms with van der Waals surface area (Å²) in [4.78, 5) is 13.3. The zero-order valence-corrected chi connectivity index (χ0v) is 19.6. The van der Waals surface area contributed by atoms with Gasteiger partial charge in [0.05, 0.1) is 0 Å². The van der Waals surface area contributed by atoms with Crippen molar-refractivity contribution in [3.63, 3.8) is 0 Å². The predicted octanol–water partition coefficient (Wildman–Crippen LogP) is 3.52. The number of aliphatic imine (C=N–C) groups is 1. The molecule has 9 heteroatoms. The van der Waals surface area contributed by atoms with Crippen LogP contribution in [0.15, 0.2) is 33.9 Å². The van der Waals surface area contributed by atoms with Crippen molar-refractivity contribution in [2.24, 2.45) is 4.99 Å². The van der Waals surface area contributed by atoms with Gasteiger partial charge in [0.1, 0.15) is 5.69 Å². The highest BCUT2D eigenvalue weighted by Crippen LogP contribution is 2.26. The summed E-state index contributed by atoms with van der Waals surface area (Å²) in [6, 6.07) is 6.11. The fraction of sp³-hybridized carbons (Fsp3) is 0.579. The van der Waals surface area contributed by atoms with Gasteiger partial charge in [-0.05, 0) is 44.6 Å². The van der Waals surface area contributed by atoms with Crippen LogP contribution in [0.5, 0.6) is 0 Å². The fourth-order valence-corrected chi connectivity index (χ4v) is 4.05. The van der Waals surface area contributed by atoms with Crippen LogP contribution < -0.4 is 10.6 Å². The van der Waals surface area contributed by atoms with Crippen molar-refractivity contribution in [3.05, 3.63) is 30.2 Å². The SMILES string of the molecule is CCNC(=NCCc1noc(-c2ccccn2)n1)NC1CCCC(SC)C1.I. The second kappa shape index (κ2) is 12.3. The van der Waals surface area contributed by atoms with Gasteiger partial charge in [-0.1, -0.05) is 17.6 Å². The molecule has 1 aliphatic carbocycles. The molecule has 0 spiro atoms. The van der Waals surface area contributed by atoms with Crippen LogP contribution in [0.1, 0.15) is 38.4 Å². The first-order valence-corrected chi connectivity index (χ1v) is 10.9. The van der Waals surface area contributed by atoms with Gasteiger partial charge in [0.2, 0.25) is 0 Å². The van der Waals surface area contributed by atoms with Crippen molar-refractivity contribution in [3.8, 4) is 11.6 Å². The maximum absolute atomic E-state index is 5.30. The van der Waals surface area contributed by atoms with E-state index in [1.54, 1.807) is 6.20 Å². The number of thioether (sulfide) groups is 1. The number of guanidine groups is 1. The Hall–Kier alpha value is -1.36. The Morgan fingerprint density at radius 3 is 3.00 bits per heavy atom. The molecule has 1 aliphatic rings. The van der Waals surface area contributed by atoms with E-state index >= 15 is 0 Å². The quantitative estimate of drug-likeness (QED) is 0.331. The highest BCUT2D eigenvalue weighted by molar-refractivity contribution is 14.0. The smallest absolute Gasteiger partial charge is 0.276 e. The van der Waals surface area contributed by atoms with Crippen LogP contribution in [0.4, 0.5) is 0 Å². The lowest BCUT2D eigenvalue weighted by Crippen LogP contribution is -2.45. The molecule has 7 nitrogen and oxygen atoms in total. The third-order valence-corrected chi connectivity index (χ3v) is 5.70. The monoisotopic (exact) mass is 516 g/mol. The van der Waals surface area contributed by atoms with Gasteiger partial charge in [-0.15, -0.1) is 24.0 Å². The van der Waals surface area contributed by atoms with Crippen molar-refractivity contribution in [1.82, 2.24) is 25.8 Å². The van der Waals surface area contributed by atoms with Gasteiger partial charge >= 0.3 is 0 Å². The Morgan fingerprint density at radius 1 is 1.36 bits per heavy atom. The number of halogens is 1. The van der Waals surface area contributed by atoms with Crippen LogP contribution in [0.2, 0.25) is 0 Å². The van der Waals surface area contributed by atoms with Gasteiger partial charge in [0, 0.05) is 37.0 Å². The molecule has 0 aromatic carbocycles. The molecule has 0 amide bonds. The molecule has 0 radical (unpaired) electrons. The fourth-order valence-electron chi connectivity index (χ4n) is 3.22. The maximum atomic E-state index is 5.30. The molecule has 2 unspecified atom stereocenters. The summed E-state index contributed by atoms with van der Waals surface area (Å²) < 4.78 is 5.30. The van der Waals surface area contributed by atoms with Crippen LogP contribution in [0.25, 0.3) is 11.6 Å². The highest BCUT2D eigenvalue weighted by atomic mass is 127. The molecule has 2 N–H and O–H groups in total. The Kier molecular flexibility index (Phi) is 10.0. The standard InChI is InChI=1S/C19H28N6OS.HI/c1-3-20-19(23-14-7-6-8-15(13-14)27-2)22-12-10-17-24-18(26-25-17)16-9-4-5-11-21-16;/h4-5,9,11,14-15H,3,6-8,10,12-13H2,1-2H3,(H2,20,22,23);1H. The molecule has 2 aromatic rings. The molecule has 2 aromatic heterocycles. The lowest BCUT2D eigenvalue weighted by atomic mass is 9.95. The number of aromatic nitrogens is 3. The Labute approximate surface area is 188 Å². The average molecular weight is 516 g/mol. The Bertz CT molecular complexity index is 726. The first kappa shape index (κ1) is 22.9. The minimum Gasteiger partial charge on any atom is -0.357 e. The van der Waals surface area contributed by atoms with Crippen LogP contribution >= 0.6 is 35.7 Å². The Morgan fingerprint density at radius 2 is 2.25 bits per heavy atom. The molecule has 1 fully saturated rings. The van der Waals surface area contributed by atoms with Crippen LogP contribution in [0, 0.1) is 0 Å². The number of nitrogens with one attached hydrogen (secondary N) is 2. The van der Waals surface area contributed by atoms with E-state index in [2.05, 4.69) is 43.9 Å². The molecule has 154 valence electrons. The predicted molar refractivity (Wildman–Crippen MR) is 125 cm³/mol. The lowest BCUT2D eigenvalue weighted by molar-refractivity contribution is 0.418. The van der Waals surface area contributed by atoms with E-state index in [4.69, 9.17) is 4.52 Å². The van der Waals surface area contributed by atoms with Gasteiger partial charge in [-0.25, -0.2) is 0 Å². The second-order valence-electron chi connectivity index (χ2n) is 6.61. The van der Waals surface area contributed by atoms with Crippen LogP contribution in [-0.2, 0) is 6.42 Å². The lowest BCUT2D eigenvalue weighted by Gasteiger charge is -2.29. The van der Waals surface area contributed by atoms with Gasteiger partial charge in [-0.2, -0.15) is 16.7 Å². The molecular formula is C19H29IN6OS. The molecule has 3 rings (SSSR count). The zero-order chi connectivity index (χ0) is 18.9. The van der Waals surface area contributed by atoms with E-state index < -0.39 is 0 Å². The van der Waals surface area contributed by atoms with Gasteiger partial charge < -0.3 is 15.2 Å². The summed E-state index contributed by atoms with van der Waals surface area (Å²) in [5.74, 6) is 1.97. The molecule has 0 saturated heterocycles. The van der Waals surface area contributed by atoms with Crippen molar-refractivity contribution < 1.29 is 4.52 Å². The minimum absolute atomic E-state index is 0. The average Bonchev–Trinajstić information content (AvgIpc) is 3.18.